The molecular formula is C18H15ClN2O3. The molecule has 2 aromatic carbocycles. The van der Waals surface area contributed by atoms with Crippen LogP contribution in [0.4, 0.5) is 5.69 Å². The highest BCUT2D eigenvalue weighted by Crippen LogP contribution is 2.19. The highest BCUT2D eigenvalue weighted by molar-refractivity contribution is 6.30. The summed E-state index contributed by atoms with van der Waals surface area (Å²) in [6.07, 6.45) is 0. The second kappa shape index (κ2) is 6.76. The Hall–Kier alpha value is -2.79. The van der Waals surface area contributed by atoms with Gasteiger partial charge in [0, 0.05) is 21.6 Å². The van der Waals surface area contributed by atoms with Crippen LogP contribution in [-0.2, 0) is 9.53 Å². The molecule has 0 aliphatic rings. The maximum absolute atomic E-state index is 12.0. The second-order valence-corrected chi connectivity index (χ2v) is 5.79. The van der Waals surface area contributed by atoms with E-state index in [1.165, 1.54) is 0 Å². The molecule has 0 aliphatic heterocycles. The molecule has 0 saturated heterocycles. The number of carbonyl (C=O) groups is 2. The summed E-state index contributed by atoms with van der Waals surface area (Å²) in [4.78, 5) is 26.9. The van der Waals surface area contributed by atoms with Crippen molar-refractivity contribution >= 4 is 40.1 Å². The molecular weight excluding hydrogens is 328 g/mol. The van der Waals surface area contributed by atoms with E-state index in [1.54, 1.807) is 24.3 Å². The molecule has 0 unspecified atom stereocenters. The number of para-hydroxylation sites is 1. The summed E-state index contributed by atoms with van der Waals surface area (Å²) in [7, 11) is 0. The predicted octanol–water partition coefficient (Wildman–Crippen LogP) is 3.93. The van der Waals surface area contributed by atoms with E-state index in [4.69, 9.17) is 16.3 Å². The Labute approximate surface area is 143 Å². The number of hydrogen-bond acceptors (Lipinski definition) is 3. The van der Waals surface area contributed by atoms with Crippen LogP contribution >= 0.6 is 11.6 Å². The number of rotatable bonds is 4. The van der Waals surface area contributed by atoms with Gasteiger partial charge in [-0.3, -0.25) is 4.79 Å². The zero-order chi connectivity index (χ0) is 17.1. The van der Waals surface area contributed by atoms with Gasteiger partial charge in [-0.25, -0.2) is 4.79 Å². The molecule has 5 nitrogen and oxygen atoms in total. The summed E-state index contributed by atoms with van der Waals surface area (Å²) in [6.45, 7) is 1.47. The third kappa shape index (κ3) is 3.58. The van der Waals surface area contributed by atoms with E-state index in [9.17, 15) is 9.59 Å². The fourth-order valence-electron chi connectivity index (χ4n) is 2.35. The molecule has 3 rings (SSSR count). The number of fused-ring (bicyclic) bond motifs is 1. The second-order valence-electron chi connectivity index (χ2n) is 5.35. The molecule has 0 atom stereocenters. The van der Waals surface area contributed by atoms with Crippen molar-refractivity contribution < 1.29 is 14.3 Å². The molecule has 0 saturated carbocycles. The van der Waals surface area contributed by atoms with Gasteiger partial charge in [-0.15, -0.1) is 0 Å². The first kappa shape index (κ1) is 16.1. The topological polar surface area (TPSA) is 71.2 Å². The Bertz CT molecular complexity index is 885. The Morgan fingerprint density at radius 3 is 2.71 bits per heavy atom. The summed E-state index contributed by atoms with van der Waals surface area (Å²) in [5, 5.41) is 4.19. The summed E-state index contributed by atoms with van der Waals surface area (Å²) >= 11 is 5.87. The highest BCUT2D eigenvalue weighted by Gasteiger charge is 2.13. The molecule has 24 heavy (non-hydrogen) atoms. The largest absolute Gasteiger partial charge is 0.451 e. The zero-order valence-electron chi connectivity index (χ0n) is 12.9. The average Bonchev–Trinajstić information content (AvgIpc) is 2.99. The smallest absolute Gasteiger partial charge is 0.355 e. The van der Waals surface area contributed by atoms with Crippen molar-refractivity contribution in [2.24, 2.45) is 0 Å². The number of benzene rings is 2. The van der Waals surface area contributed by atoms with Gasteiger partial charge in [-0.2, -0.15) is 0 Å². The Kier molecular flexibility index (Phi) is 4.53. The molecule has 3 aromatic rings. The van der Waals surface area contributed by atoms with E-state index in [0.29, 0.717) is 16.4 Å². The molecule has 0 fully saturated rings. The monoisotopic (exact) mass is 342 g/mol. The lowest BCUT2D eigenvalue weighted by molar-refractivity contribution is -0.119. The number of esters is 1. The van der Waals surface area contributed by atoms with Crippen molar-refractivity contribution in [3.63, 3.8) is 0 Å². The maximum atomic E-state index is 12.0. The lowest BCUT2D eigenvalue weighted by atomic mass is 10.2. The number of aromatic amines is 1. The van der Waals surface area contributed by atoms with Crippen molar-refractivity contribution in [2.75, 3.05) is 11.9 Å². The van der Waals surface area contributed by atoms with E-state index in [2.05, 4.69) is 10.3 Å². The summed E-state index contributed by atoms with van der Waals surface area (Å²) in [5.74, 6) is -0.987. The number of ether oxygens (including phenoxy) is 1. The van der Waals surface area contributed by atoms with Crippen LogP contribution in [0.2, 0.25) is 5.02 Å². The van der Waals surface area contributed by atoms with Gasteiger partial charge in [-0.1, -0.05) is 29.8 Å². The van der Waals surface area contributed by atoms with Crippen molar-refractivity contribution in [3.05, 3.63) is 64.8 Å². The van der Waals surface area contributed by atoms with Crippen molar-refractivity contribution in [3.8, 4) is 0 Å². The third-order valence-corrected chi connectivity index (χ3v) is 3.78. The molecule has 1 aromatic heterocycles. The molecule has 0 bridgehead atoms. The van der Waals surface area contributed by atoms with Gasteiger partial charge in [0.15, 0.2) is 6.61 Å². The fourth-order valence-corrected chi connectivity index (χ4v) is 2.57. The van der Waals surface area contributed by atoms with Crippen LogP contribution in [0.3, 0.4) is 0 Å². The number of H-pyrrole nitrogens is 1. The molecule has 0 spiro atoms. The number of anilines is 1. The zero-order valence-corrected chi connectivity index (χ0v) is 13.7. The first-order chi connectivity index (χ1) is 11.5. The minimum Gasteiger partial charge on any atom is -0.451 e. The molecule has 0 radical (unpaired) electrons. The number of carbonyl (C=O) groups excluding carboxylic acids is 2. The van der Waals surface area contributed by atoms with E-state index in [1.807, 2.05) is 31.2 Å². The van der Waals surface area contributed by atoms with Crippen LogP contribution in [0.5, 0.6) is 0 Å². The Balaban J connectivity index is 1.60. The van der Waals surface area contributed by atoms with Crippen LogP contribution < -0.4 is 5.32 Å². The van der Waals surface area contributed by atoms with Gasteiger partial charge >= 0.3 is 5.97 Å². The SMILES string of the molecule is Cc1cc(Cl)ccc1NC(=O)COC(=O)c1cc2ccccc2[nH]1. The lowest BCUT2D eigenvalue weighted by Gasteiger charge is -2.09. The van der Waals surface area contributed by atoms with E-state index < -0.39 is 11.9 Å². The van der Waals surface area contributed by atoms with Crippen LogP contribution in [0.25, 0.3) is 10.9 Å². The van der Waals surface area contributed by atoms with Crippen LogP contribution in [0, 0.1) is 6.92 Å². The highest BCUT2D eigenvalue weighted by atomic mass is 35.5. The summed E-state index contributed by atoms with van der Waals surface area (Å²) < 4.78 is 5.05. The number of aryl methyl sites for hydroxylation is 1. The fraction of sp³-hybridized carbons (Fsp3) is 0.111. The lowest BCUT2D eigenvalue weighted by Crippen LogP contribution is -2.21. The first-order valence-corrected chi connectivity index (χ1v) is 7.71. The molecule has 0 aliphatic carbocycles. The normalized spacial score (nSPS) is 10.6. The molecule has 6 heteroatoms. The molecule has 2 N–H and O–H groups in total. The molecule has 1 heterocycles. The minimum absolute atomic E-state index is 0.312. The Morgan fingerprint density at radius 2 is 1.96 bits per heavy atom. The standard InChI is InChI=1S/C18H15ClN2O3/c1-11-8-13(19)6-7-14(11)21-17(22)10-24-18(23)16-9-12-4-2-3-5-15(12)20-16/h2-9,20H,10H2,1H3,(H,21,22). The van der Waals surface area contributed by atoms with E-state index >= 15 is 0 Å². The maximum Gasteiger partial charge on any atom is 0.355 e. The summed E-state index contributed by atoms with van der Waals surface area (Å²) in [5.41, 5.74) is 2.61. The summed E-state index contributed by atoms with van der Waals surface area (Å²) in [6, 6.07) is 14.3. The van der Waals surface area contributed by atoms with Gasteiger partial charge in [0.1, 0.15) is 5.69 Å². The molecule has 1 amide bonds. The number of nitrogens with one attached hydrogen (secondary N) is 2. The van der Waals surface area contributed by atoms with Gasteiger partial charge in [0.05, 0.1) is 0 Å². The quantitative estimate of drug-likeness (QED) is 0.706. The van der Waals surface area contributed by atoms with Crippen LogP contribution in [0.15, 0.2) is 48.5 Å². The van der Waals surface area contributed by atoms with Gasteiger partial charge < -0.3 is 15.0 Å². The number of hydrogen-bond donors (Lipinski definition) is 2. The van der Waals surface area contributed by atoms with Gasteiger partial charge in [0.2, 0.25) is 0 Å². The van der Waals surface area contributed by atoms with Gasteiger partial charge in [0.25, 0.3) is 5.91 Å². The number of amides is 1. The van der Waals surface area contributed by atoms with Crippen molar-refractivity contribution in [1.29, 1.82) is 0 Å². The Morgan fingerprint density at radius 1 is 1.17 bits per heavy atom. The number of aromatic nitrogens is 1. The minimum atomic E-state index is -0.575. The van der Waals surface area contributed by atoms with Crippen molar-refractivity contribution in [2.45, 2.75) is 6.92 Å². The molecule has 122 valence electrons. The van der Waals surface area contributed by atoms with Crippen molar-refractivity contribution in [1.82, 2.24) is 4.98 Å². The van der Waals surface area contributed by atoms with E-state index in [0.717, 1.165) is 16.5 Å². The van der Waals surface area contributed by atoms with Gasteiger partial charge in [-0.05, 0) is 42.8 Å². The van der Waals surface area contributed by atoms with E-state index in [-0.39, 0.29) is 6.61 Å². The average molecular weight is 343 g/mol. The van der Waals surface area contributed by atoms with Crippen LogP contribution in [0.1, 0.15) is 16.1 Å². The predicted molar refractivity (Wildman–Crippen MR) is 93.4 cm³/mol. The van der Waals surface area contributed by atoms with Crippen LogP contribution in [-0.4, -0.2) is 23.5 Å². The third-order valence-electron chi connectivity index (χ3n) is 3.55. The number of halogens is 1. The first-order valence-electron chi connectivity index (χ1n) is 7.34.